The Morgan fingerprint density at radius 2 is 1.55 bits per heavy atom. The number of fused-ring (bicyclic) bond motifs is 1. The van der Waals surface area contributed by atoms with Crippen molar-refractivity contribution < 1.29 is 25.8 Å². The first-order chi connectivity index (χ1) is 14.7. The second-order valence-electron chi connectivity index (χ2n) is 7.79. The molecule has 4 nitrogen and oxygen atoms in total. The summed E-state index contributed by atoms with van der Waals surface area (Å²) in [4.78, 5) is 2.44. The fourth-order valence-corrected chi connectivity index (χ4v) is 4.44. The molecule has 0 atom stereocenters. The van der Waals surface area contributed by atoms with Crippen LogP contribution in [0.2, 0.25) is 0 Å². The minimum Gasteiger partial charge on any atom is -0.376 e. The molecular weight excluding hydrogens is 427 g/mol. The molecule has 1 saturated heterocycles. The monoisotopic (exact) mass is 449 g/mol. The van der Waals surface area contributed by atoms with E-state index in [1.165, 1.54) is 23.3 Å². The first kappa shape index (κ1) is 21.6. The Bertz CT molecular complexity index is 1160. The maximum Gasteiger partial charge on any atom is 0.534 e. The lowest BCUT2D eigenvalue weighted by Gasteiger charge is -2.32. The van der Waals surface area contributed by atoms with Crippen molar-refractivity contribution in [2.24, 2.45) is 0 Å². The number of piperidine rings is 1. The van der Waals surface area contributed by atoms with Gasteiger partial charge in [-0.25, -0.2) is 0 Å². The maximum atomic E-state index is 12.5. The number of likely N-dealkylation sites (tertiary alicyclic amines) is 1. The summed E-state index contributed by atoms with van der Waals surface area (Å²) in [5.74, 6) is 0.0600. The highest BCUT2D eigenvalue weighted by molar-refractivity contribution is 7.88. The van der Waals surface area contributed by atoms with Crippen molar-refractivity contribution in [1.82, 2.24) is 4.90 Å². The first-order valence-electron chi connectivity index (χ1n) is 10.0. The lowest BCUT2D eigenvalue weighted by molar-refractivity contribution is -0.0500. The summed E-state index contributed by atoms with van der Waals surface area (Å²) in [7, 11) is -5.68. The second kappa shape index (κ2) is 8.51. The largest absolute Gasteiger partial charge is 0.534 e. The second-order valence-corrected chi connectivity index (χ2v) is 9.33. The van der Waals surface area contributed by atoms with Crippen molar-refractivity contribution in [1.29, 1.82) is 0 Å². The summed E-state index contributed by atoms with van der Waals surface area (Å²) in [6.07, 6.45) is 2.06. The average Bonchev–Trinajstić information content (AvgIpc) is 2.74. The van der Waals surface area contributed by atoms with Crippen molar-refractivity contribution in [3.05, 3.63) is 77.9 Å². The molecule has 0 saturated carbocycles. The number of nitrogens with zero attached hydrogens (tertiary/aromatic N) is 1. The molecule has 1 aliphatic rings. The molecule has 0 radical (unpaired) electrons. The van der Waals surface area contributed by atoms with Crippen LogP contribution in [-0.4, -0.2) is 31.9 Å². The molecule has 4 rings (SSSR count). The van der Waals surface area contributed by atoms with Crippen LogP contribution in [0.15, 0.2) is 66.7 Å². The Morgan fingerprint density at radius 3 is 2.23 bits per heavy atom. The van der Waals surface area contributed by atoms with Gasteiger partial charge in [-0.3, -0.25) is 4.90 Å². The molecule has 0 unspecified atom stereocenters. The highest BCUT2D eigenvalue weighted by atomic mass is 32.2. The molecule has 164 valence electrons. The summed E-state index contributed by atoms with van der Waals surface area (Å²) < 4.78 is 64.2. The maximum absolute atomic E-state index is 12.5. The van der Waals surface area contributed by atoms with Crippen molar-refractivity contribution >= 4 is 20.9 Å². The fourth-order valence-electron chi connectivity index (χ4n) is 3.99. The van der Waals surface area contributed by atoms with Crippen LogP contribution in [0.4, 0.5) is 13.2 Å². The SMILES string of the molecule is O=S(=O)(Oc1ccc2cc(C3CCN(Cc4ccccc4)CC3)ccc2c1)C(F)(F)F. The van der Waals surface area contributed by atoms with E-state index >= 15 is 0 Å². The number of rotatable bonds is 5. The Morgan fingerprint density at radius 1 is 0.903 bits per heavy atom. The quantitative estimate of drug-likeness (QED) is 0.384. The van der Waals surface area contributed by atoms with E-state index in [-0.39, 0.29) is 5.75 Å². The van der Waals surface area contributed by atoms with Gasteiger partial charge < -0.3 is 4.18 Å². The number of hydrogen-bond donors (Lipinski definition) is 0. The number of alkyl halides is 3. The number of halogens is 3. The Hall–Kier alpha value is -2.58. The minimum absolute atomic E-state index is 0.355. The van der Waals surface area contributed by atoms with E-state index in [1.807, 2.05) is 30.3 Å². The van der Waals surface area contributed by atoms with Gasteiger partial charge >= 0.3 is 15.6 Å². The fraction of sp³-hybridized carbons (Fsp3) is 0.304. The standard InChI is InChI=1S/C23H22F3NO3S/c24-23(25,26)31(28,29)30-22-9-8-20-14-19(6-7-21(20)15-22)18-10-12-27(13-11-18)16-17-4-2-1-3-5-17/h1-9,14-15,18H,10-13,16H2. The molecule has 31 heavy (non-hydrogen) atoms. The lowest BCUT2D eigenvalue weighted by atomic mass is 9.88. The summed E-state index contributed by atoms with van der Waals surface area (Å²) in [5, 5.41) is 1.46. The molecule has 0 bridgehead atoms. The third-order valence-electron chi connectivity index (χ3n) is 5.63. The van der Waals surface area contributed by atoms with Crippen LogP contribution >= 0.6 is 0 Å². The molecule has 0 aromatic heterocycles. The van der Waals surface area contributed by atoms with Crippen LogP contribution in [-0.2, 0) is 16.7 Å². The Balaban J connectivity index is 1.43. The van der Waals surface area contributed by atoms with Crippen molar-refractivity contribution in [2.45, 2.75) is 30.8 Å². The number of hydrogen-bond acceptors (Lipinski definition) is 4. The lowest BCUT2D eigenvalue weighted by Crippen LogP contribution is -2.32. The van der Waals surface area contributed by atoms with Crippen LogP contribution in [0.25, 0.3) is 10.8 Å². The van der Waals surface area contributed by atoms with E-state index in [4.69, 9.17) is 0 Å². The van der Waals surface area contributed by atoms with Gasteiger partial charge in [-0.15, -0.1) is 0 Å². The number of benzene rings is 3. The highest BCUT2D eigenvalue weighted by Gasteiger charge is 2.48. The van der Waals surface area contributed by atoms with Gasteiger partial charge in [0, 0.05) is 6.54 Å². The third-order valence-corrected chi connectivity index (χ3v) is 6.61. The highest BCUT2D eigenvalue weighted by Crippen LogP contribution is 2.33. The van der Waals surface area contributed by atoms with Crippen LogP contribution in [0.3, 0.4) is 0 Å². The molecule has 0 N–H and O–H groups in total. The molecule has 0 aliphatic carbocycles. The van der Waals surface area contributed by atoms with Crippen molar-refractivity contribution in [3.8, 4) is 5.75 Å². The molecule has 0 amide bonds. The molecule has 3 aromatic carbocycles. The zero-order chi connectivity index (χ0) is 22.1. The zero-order valence-corrected chi connectivity index (χ0v) is 17.5. The zero-order valence-electron chi connectivity index (χ0n) is 16.7. The van der Waals surface area contributed by atoms with E-state index < -0.39 is 15.6 Å². The van der Waals surface area contributed by atoms with Gasteiger partial charge in [0.15, 0.2) is 0 Å². The van der Waals surface area contributed by atoms with E-state index in [1.54, 1.807) is 12.1 Å². The van der Waals surface area contributed by atoms with E-state index in [9.17, 15) is 21.6 Å². The molecule has 1 heterocycles. The predicted molar refractivity (Wildman–Crippen MR) is 113 cm³/mol. The first-order valence-corrected chi connectivity index (χ1v) is 11.4. The Kier molecular flexibility index (Phi) is 5.94. The average molecular weight is 449 g/mol. The van der Waals surface area contributed by atoms with Crippen LogP contribution in [0.1, 0.15) is 29.9 Å². The van der Waals surface area contributed by atoms with Crippen LogP contribution in [0, 0.1) is 0 Å². The Labute approximate surface area is 179 Å². The predicted octanol–water partition coefficient (Wildman–Crippen LogP) is 5.45. The summed E-state index contributed by atoms with van der Waals surface area (Å²) >= 11 is 0. The van der Waals surface area contributed by atoms with Gasteiger partial charge in [0.1, 0.15) is 5.75 Å². The van der Waals surface area contributed by atoms with Crippen LogP contribution in [0.5, 0.6) is 5.75 Å². The van der Waals surface area contributed by atoms with Gasteiger partial charge in [-0.1, -0.05) is 54.6 Å². The van der Waals surface area contributed by atoms with Crippen LogP contribution < -0.4 is 4.18 Å². The van der Waals surface area contributed by atoms with E-state index in [0.29, 0.717) is 11.3 Å². The van der Waals surface area contributed by atoms with Gasteiger partial charge in [-0.2, -0.15) is 21.6 Å². The summed E-state index contributed by atoms with van der Waals surface area (Å²) in [6.45, 7) is 2.94. The van der Waals surface area contributed by atoms with Gasteiger partial charge in [0.05, 0.1) is 0 Å². The van der Waals surface area contributed by atoms with E-state index in [0.717, 1.165) is 37.9 Å². The van der Waals surface area contributed by atoms with E-state index in [2.05, 4.69) is 21.2 Å². The van der Waals surface area contributed by atoms with Crippen molar-refractivity contribution in [3.63, 3.8) is 0 Å². The minimum atomic E-state index is -5.68. The smallest absolute Gasteiger partial charge is 0.376 e. The topological polar surface area (TPSA) is 46.6 Å². The van der Waals surface area contributed by atoms with Gasteiger partial charge in [0.2, 0.25) is 0 Å². The van der Waals surface area contributed by atoms with Gasteiger partial charge in [0.25, 0.3) is 0 Å². The molecule has 8 heteroatoms. The third kappa shape index (κ3) is 5.02. The molecule has 1 fully saturated rings. The molecule has 3 aromatic rings. The van der Waals surface area contributed by atoms with Gasteiger partial charge in [-0.05, 0) is 65.9 Å². The molecular formula is C23H22F3NO3S. The summed E-state index contributed by atoms with van der Waals surface area (Å²) in [5.41, 5.74) is -2.97. The van der Waals surface area contributed by atoms with Crippen molar-refractivity contribution in [2.75, 3.05) is 13.1 Å². The molecule has 1 aliphatic heterocycles. The molecule has 0 spiro atoms. The summed E-state index contributed by atoms with van der Waals surface area (Å²) in [6, 6.07) is 20.3. The normalized spacial score (nSPS) is 16.5.